The molecule has 0 aliphatic carbocycles. The molecule has 3 aliphatic rings. The van der Waals surface area contributed by atoms with Gasteiger partial charge in [0.2, 0.25) is 10.0 Å². The number of ether oxygens (including phenoxy) is 2. The molecule has 0 saturated carbocycles. The highest BCUT2D eigenvalue weighted by Crippen LogP contribution is 2.41. The van der Waals surface area contributed by atoms with E-state index in [0.717, 1.165) is 58.1 Å². The van der Waals surface area contributed by atoms with Gasteiger partial charge in [-0.3, -0.25) is 0 Å². The number of nitrogens with zero attached hydrogens (tertiary/aromatic N) is 1. The second kappa shape index (κ2) is 7.35. The Hall–Kier alpha value is -0.210. The summed E-state index contributed by atoms with van der Waals surface area (Å²) in [4.78, 5) is 2.56. The predicted molar refractivity (Wildman–Crippen MR) is 88.9 cm³/mol. The normalized spacial score (nSPS) is 30.6. The molecule has 0 radical (unpaired) electrons. The number of piperidine rings is 1. The van der Waals surface area contributed by atoms with Gasteiger partial charge in [-0.05, 0) is 56.5 Å². The molecule has 3 fully saturated rings. The van der Waals surface area contributed by atoms with Gasteiger partial charge >= 0.3 is 0 Å². The first-order chi connectivity index (χ1) is 11.0. The van der Waals surface area contributed by atoms with E-state index in [0.29, 0.717) is 6.61 Å². The van der Waals surface area contributed by atoms with Gasteiger partial charge in [0, 0.05) is 26.4 Å². The van der Waals surface area contributed by atoms with Crippen LogP contribution < -0.4 is 4.72 Å². The van der Waals surface area contributed by atoms with Gasteiger partial charge in [0.1, 0.15) is 0 Å². The molecule has 3 aliphatic heterocycles. The molecule has 3 rings (SSSR count). The fourth-order valence-electron chi connectivity index (χ4n) is 4.32. The van der Waals surface area contributed by atoms with E-state index in [1.165, 1.54) is 25.6 Å². The minimum atomic E-state index is -3.19. The molecule has 3 saturated heterocycles. The molecule has 6 nitrogen and oxygen atoms in total. The van der Waals surface area contributed by atoms with Crippen LogP contribution in [0.5, 0.6) is 0 Å². The van der Waals surface area contributed by atoms with Crippen molar-refractivity contribution in [3.05, 3.63) is 0 Å². The largest absolute Gasteiger partial charge is 0.381 e. The molecule has 0 amide bonds. The fraction of sp³-hybridized carbons (Fsp3) is 1.00. The molecule has 134 valence electrons. The summed E-state index contributed by atoms with van der Waals surface area (Å²) in [6, 6.07) is -0.0727. The smallest absolute Gasteiger partial charge is 0.209 e. The predicted octanol–water partition coefficient (Wildman–Crippen LogP) is 0.833. The summed E-state index contributed by atoms with van der Waals surface area (Å²) in [5, 5.41) is 0. The molecule has 0 unspecified atom stereocenters. The summed E-state index contributed by atoms with van der Waals surface area (Å²) in [5.41, 5.74) is 0.0769. The van der Waals surface area contributed by atoms with Crippen LogP contribution in [0.3, 0.4) is 0 Å². The van der Waals surface area contributed by atoms with Crippen LogP contribution in [0.1, 0.15) is 32.1 Å². The van der Waals surface area contributed by atoms with Crippen molar-refractivity contribution >= 4 is 10.0 Å². The number of nitrogens with one attached hydrogen (secondary N) is 1. The zero-order valence-corrected chi connectivity index (χ0v) is 14.9. The van der Waals surface area contributed by atoms with Crippen molar-refractivity contribution in [3.8, 4) is 0 Å². The van der Waals surface area contributed by atoms with Crippen molar-refractivity contribution < 1.29 is 17.9 Å². The van der Waals surface area contributed by atoms with E-state index in [2.05, 4.69) is 9.62 Å². The van der Waals surface area contributed by atoms with E-state index < -0.39 is 10.0 Å². The van der Waals surface area contributed by atoms with Crippen LogP contribution in [-0.4, -0.2) is 71.7 Å². The van der Waals surface area contributed by atoms with Crippen LogP contribution in [0.15, 0.2) is 0 Å². The summed E-state index contributed by atoms with van der Waals surface area (Å²) >= 11 is 0. The minimum Gasteiger partial charge on any atom is -0.381 e. The number of likely N-dealkylation sites (tertiary alicyclic amines) is 1. The Kier molecular flexibility index (Phi) is 5.63. The molecule has 0 aromatic heterocycles. The first-order valence-corrected chi connectivity index (χ1v) is 10.7. The highest BCUT2D eigenvalue weighted by molar-refractivity contribution is 7.88. The van der Waals surface area contributed by atoms with E-state index in [4.69, 9.17) is 9.47 Å². The van der Waals surface area contributed by atoms with E-state index in [9.17, 15) is 8.42 Å². The van der Waals surface area contributed by atoms with Gasteiger partial charge in [0.25, 0.3) is 0 Å². The first kappa shape index (κ1) is 17.6. The second-order valence-corrected chi connectivity index (χ2v) is 9.27. The highest BCUT2D eigenvalue weighted by atomic mass is 32.2. The monoisotopic (exact) mass is 346 g/mol. The Bertz CT molecular complexity index is 482. The van der Waals surface area contributed by atoms with Crippen LogP contribution >= 0.6 is 0 Å². The van der Waals surface area contributed by atoms with Gasteiger partial charge in [0.15, 0.2) is 0 Å². The lowest BCUT2D eigenvalue weighted by Crippen LogP contribution is -2.57. The van der Waals surface area contributed by atoms with Crippen LogP contribution in [-0.2, 0) is 19.5 Å². The molecule has 0 bridgehead atoms. The Balaban J connectivity index is 1.56. The minimum absolute atomic E-state index is 0.0727. The van der Waals surface area contributed by atoms with Crippen molar-refractivity contribution in [2.24, 2.45) is 11.3 Å². The summed E-state index contributed by atoms with van der Waals surface area (Å²) in [6.07, 6.45) is 6.68. The van der Waals surface area contributed by atoms with Crippen LogP contribution in [0.25, 0.3) is 0 Å². The Morgan fingerprint density at radius 2 is 1.78 bits per heavy atom. The Morgan fingerprint density at radius 1 is 1.09 bits per heavy atom. The van der Waals surface area contributed by atoms with Crippen LogP contribution in [0.4, 0.5) is 0 Å². The Morgan fingerprint density at radius 3 is 2.43 bits per heavy atom. The summed E-state index contributed by atoms with van der Waals surface area (Å²) in [7, 11) is -3.19. The van der Waals surface area contributed by atoms with Gasteiger partial charge < -0.3 is 14.4 Å². The van der Waals surface area contributed by atoms with Crippen molar-refractivity contribution in [2.45, 2.75) is 38.1 Å². The number of rotatable bonds is 4. The lowest BCUT2D eigenvalue weighted by Gasteiger charge is -2.49. The zero-order valence-electron chi connectivity index (χ0n) is 14.1. The quantitative estimate of drug-likeness (QED) is 0.817. The molecule has 7 heteroatoms. The maximum atomic E-state index is 11.7. The Labute approximate surface area is 139 Å². The van der Waals surface area contributed by atoms with E-state index >= 15 is 0 Å². The third kappa shape index (κ3) is 4.66. The molecule has 1 spiro atoms. The lowest BCUT2D eigenvalue weighted by atomic mass is 9.69. The van der Waals surface area contributed by atoms with Crippen molar-refractivity contribution in [1.29, 1.82) is 0 Å². The third-order valence-electron chi connectivity index (χ3n) is 5.83. The fourth-order valence-corrected chi connectivity index (χ4v) is 5.15. The lowest BCUT2D eigenvalue weighted by molar-refractivity contribution is -0.0475. The molecule has 1 atom stereocenters. The highest BCUT2D eigenvalue weighted by Gasteiger charge is 2.44. The maximum Gasteiger partial charge on any atom is 0.209 e. The van der Waals surface area contributed by atoms with Crippen molar-refractivity contribution in [1.82, 2.24) is 9.62 Å². The standard InChI is InChI=1S/C16H30N2O4S/c1-23(19,20)17-15-13-22-11-6-16(15)4-7-18(8-5-16)12-14-2-9-21-10-3-14/h14-15,17H,2-13H2,1H3/t15-/m1/s1. The summed E-state index contributed by atoms with van der Waals surface area (Å²) < 4.78 is 37.1. The maximum absolute atomic E-state index is 11.7. The molecule has 0 aromatic carbocycles. The van der Waals surface area contributed by atoms with E-state index in [1.54, 1.807) is 0 Å². The molecule has 23 heavy (non-hydrogen) atoms. The topological polar surface area (TPSA) is 67.9 Å². The van der Waals surface area contributed by atoms with Gasteiger partial charge in [-0.2, -0.15) is 0 Å². The van der Waals surface area contributed by atoms with Gasteiger partial charge in [-0.1, -0.05) is 0 Å². The first-order valence-electron chi connectivity index (χ1n) is 8.82. The van der Waals surface area contributed by atoms with Gasteiger partial charge in [-0.15, -0.1) is 0 Å². The van der Waals surface area contributed by atoms with Crippen LogP contribution in [0.2, 0.25) is 0 Å². The van der Waals surface area contributed by atoms with E-state index in [-0.39, 0.29) is 11.5 Å². The molecular formula is C16H30N2O4S. The molecule has 3 heterocycles. The second-order valence-electron chi connectivity index (χ2n) is 7.49. The summed E-state index contributed by atoms with van der Waals surface area (Å²) in [6.45, 7) is 6.37. The van der Waals surface area contributed by atoms with Gasteiger partial charge in [-0.25, -0.2) is 13.1 Å². The summed E-state index contributed by atoms with van der Waals surface area (Å²) in [5.74, 6) is 0.762. The average molecular weight is 346 g/mol. The van der Waals surface area contributed by atoms with Gasteiger partial charge in [0.05, 0.1) is 18.9 Å². The number of hydrogen-bond donors (Lipinski definition) is 1. The number of sulfonamides is 1. The third-order valence-corrected chi connectivity index (χ3v) is 6.55. The van der Waals surface area contributed by atoms with Crippen molar-refractivity contribution in [2.75, 3.05) is 52.3 Å². The molecule has 0 aromatic rings. The molecular weight excluding hydrogens is 316 g/mol. The number of hydrogen-bond acceptors (Lipinski definition) is 5. The van der Waals surface area contributed by atoms with Crippen LogP contribution in [0, 0.1) is 11.3 Å². The van der Waals surface area contributed by atoms with Crippen molar-refractivity contribution in [3.63, 3.8) is 0 Å². The molecule has 1 N–H and O–H groups in total. The average Bonchev–Trinajstić information content (AvgIpc) is 2.52. The van der Waals surface area contributed by atoms with E-state index in [1.807, 2.05) is 0 Å². The SMILES string of the molecule is CS(=O)(=O)N[C@@H]1COCCC12CCN(CC1CCOCC1)CC2. The zero-order chi connectivity index (χ0) is 16.3.